The lowest BCUT2D eigenvalue weighted by Crippen LogP contribution is -2.41. The molecule has 0 amide bonds. The van der Waals surface area contributed by atoms with E-state index in [2.05, 4.69) is 34.9 Å². The molecule has 0 radical (unpaired) electrons. The largest absolute Gasteiger partial charge is 0.317 e. The number of hydrogen-bond donors (Lipinski definition) is 2. The fraction of sp³-hybridized carbons (Fsp3) is 0.421. The molecule has 2 fully saturated rings. The van der Waals surface area contributed by atoms with Gasteiger partial charge in [0.05, 0.1) is 0 Å². The molecule has 2 atom stereocenters. The van der Waals surface area contributed by atoms with Gasteiger partial charge < -0.3 is 10.6 Å². The van der Waals surface area contributed by atoms with Crippen molar-refractivity contribution in [2.24, 2.45) is 0 Å². The van der Waals surface area contributed by atoms with Gasteiger partial charge in [-0.1, -0.05) is 36.4 Å². The number of aldehydes is 1. The van der Waals surface area contributed by atoms with E-state index in [1.54, 1.807) is 0 Å². The lowest BCUT2D eigenvalue weighted by molar-refractivity contribution is 0.112. The van der Waals surface area contributed by atoms with Gasteiger partial charge in [0.15, 0.2) is 6.29 Å². The zero-order valence-electron chi connectivity index (χ0n) is 12.7. The lowest BCUT2D eigenvalue weighted by Gasteiger charge is -2.24. The van der Waals surface area contributed by atoms with E-state index in [9.17, 15) is 4.79 Å². The Morgan fingerprint density at radius 2 is 1.91 bits per heavy atom. The minimum absolute atomic E-state index is 0.500. The average Bonchev–Trinajstić information content (AvgIpc) is 3.33. The molecule has 3 heteroatoms. The molecule has 1 saturated carbocycles. The van der Waals surface area contributed by atoms with Crippen molar-refractivity contribution in [2.45, 2.75) is 37.3 Å². The predicted molar refractivity (Wildman–Crippen MR) is 89.5 cm³/mol. The summed E-state index contributed by atoms with van der Waals surface area (Å²) in [5.74, 6) is 0.500. The van der Waals surface area contributed by atoms with Gasteiger partial charge in [-0.2, -0.15) is 0 Å². The second-order valence-electron chi connectivity index (χ2n) is 6.55. The lowest BCUT2D eigenvalue weighted by atomic mass is 9.96. The van der Waals surface area contributed by atoms with Gasteiger partial charge in [-0.3, -0.25) is 4.79 Å². The highest BCUT2D eigenvalue weighted by Crippen LogP contribution is 2.44. The van der Waals surface area contributed by atoms with Crippen LogP contribution in [-0.4, -0.2) is 31.5 Å². The zero-order valence-corrected chi connectivity index (χ0v) is 12.7. The number of carbonyl (C=O) groups is 1. The second kappa shape index (κ2) is 5.82. The molecule has 2 aromatic carbocycles. The fourth-order valence-corrected chi connectivity index (χ4v) is 3.78. The van der Waals surface area contributed by atoms with Gasteiger partial charge in [-0.15, -0.1) is 0 Å². The summed E-state index contributed by atoms with van der Waals surface area (Å²) in [6, 6.07) is 13.6. The zero-order chi connectivity index (χ0) is 14.9. The molecular weight excluding hydrogens is 272 g/mol. The van der Waals surface area contributed by atoms with Crippen molar-refractivity contribution in [1.82, 2.24) is 10.6 Å². The fourth-order valence-electron chi connectivity index (χ4n) is 3.78. The minimum Gasteiger partial charge on any atom is -0.317 e. The molecule has 1 heterocycles. The van der Waals surface area contributed by atoms with Gasteiger partial charge in [-0.05, 0) is 48.7 Å². The van der Waals surface area contributed by atoms with Gasteiger partial charge in [0.25, 0.3) is 0 Å². The molecule has 114 valence electrons. The molecule has 2 aromatic rings. The Labute approximate surface area is 131 Å². The number of carbonyl (C=O) groups excluding carboxylic acids is 1. The van der Waals surface area contributed by atoms with Crippen LogP contribution in [-0.2, 0) is 0 Å². The van der Waals surface area contributed by atoms with Crippen molar-refractivity contribution in [1.29, 1.82) is 0 Å². The van der Waals surface area contributed by atoms with Crippen LogP contribution < -0.4 is 10.6 Å². The van der Waals surface area contributed by atoms with Crippen molar-refractivity contribution in [3.8, 4) is 0 Å². The molecule has 0 aromatic heterocycles. The van der Waals surface area contributed by atoms with E-state index < -0.39 is 0 Å². The van der Waals surface area contributed by atoms with Crippen LogP contribution in [0.1, 0.15) is 41.1 Å². The molecular formula is C19H22N2O. The molecule has 2 unspecified atom stereocenters. The number of fused-ring (bicyclic) bond motifs is 1. The maximum absolute atomic E-state index is 11.6. The highest BCUT2D eigenvalue weighted by Gasteiger charge is 2.40. The first kappa shape index (κ1) is 13.9. The summed E-state index contributed by atoms with van der Waals surface area (Å²) >= 11 is 0. The summed E-state index contributed by atoms with van der Waals surface area (Å²) in [5, 5.41) is 9.42. The first-order chi connectivity index (χ1) is 10.9. The Bertz CT molecular complexity index is 691. The molecule has 0 bridgehead atoms. The maximum atomic E-state index is 11.6. The van der Waals surface area contributed by atoms with Crippen molar-refractivity contribution in [3.63, 3.8) is 0 Å². The molecule has 1 saturated heterocycles. The standard InChI is InChI=1S/C19H22N2O/c22-12-18-15-4-2-1-3-13(15)5-6-16(18)17-11-19(17)21-14-7-9-20-10-8-14/h1-6,12,14,17,19-21H,7-11H2. The molecule has 0 spiro atoms. The second-order valence-corrected chi connectivity index (χ2v) is 6.55. The molecule has 3 nitrogen and oxygen atoms in total. The number of nitrogens with one attached hydrogen (secondary N) is 2. The molecule has 2 N–H and O–H groups in total. The van der Waals surface area contributed by atoms with Crippen LogP contribution in [0.2, 0.25) is 0 Å². The van der Waals surface area contributed by atoms with Crippen molar-refractivity contribution >= 4 is 17.1 Å². The topological polar surface area (TPSA) is 41.1 Å². The molecule has 1 aliphatic carbocycles. The highest BCUT2D eigenvalue weighted by molar-refractivity contribution is 5.99. The number of benzene rings is 2. The van der Waals surface area contributed by atoms with E-state index in [1.807, 2.05) is 12.1 Å². The maximum Gasteiger partial charge on any atom is 0.150 e. The Kier molecular flexibility index (Phi) is 3.68. The number of rotatable bonds is 4. The number of piperidine rings is 1. The van der Waals surface area contributed by atoms with E-state index >= 15 is 0 Å². The highest BCUT2D eigenvalue weighted by atomic mass is 16.1. The summed E-state index contributed by atoms with van der Waals surface area (Å²) in [7, 11) is 0. The van der Waals surface area contributed by atoms with Gasteiger partial charge >= 0.3 is 0 Å². The monoisotopic (exact) mass is 294 g/mol. The van der Waals surface area contributed by atoms with E-state index in [0.717, 1.165) is 42.1 Å². The third-order valence-corrected chi connectivity index (χ3v) is 5.10. The SMILES string of the molecule is O=Cc1c(C2CC2NC2CCNCC2)ccc2ccccc12. The Morgan fingerprint density at radius 3 is 2.73 bits per heavy atom. The third-order valence-electron chi connectivity index (χ3n) is 5.10. The molecule has 1 aliphatic heterocycles. The van der Waals surface area contributed by atoms with Crippen LogP contribution in [0.4, 0.5) is 0 Å². The van der Waals surface area contributed by atoms with Crippen LogP contribution >= 0.6 is 0 Å². The van der Waals surface area contributed by atoms with Crippen molar-refractivity contribution in [2.75, 3.05) is 13.1 Å². The summed E-state index contributed by atoms with van der Waals surface area (Å²) in [6.07, 6.45) is 4.61. The van der Waals surface area contributed by atoms with Gasteiger partial charge in [0.1, 0.15) is 0 Å². The number of hydrogen-bond acceptors (Lipinski definition) is 3. The average molecular weight is 294 g/mol. The van der Waals surface area contributed by atoms with Crippen LogP contribution in [0, 0.1) is 0 Å². The van der Waals surface area contributed by atoms with Crippen LogP contribution in [0.5, 0.6) is 0 Å². The Balaban J connectivity index is 1.56. The van der Waals surface area contributed by atoms with E-state index in [0.29, 0.717) is 18.0 Å². The summed E-state index contributed by atoms with van der Waals surface area (Å²) in [6.45, 7) is 2.23. The smallest absolute Gasteiger partial charge is 0.150 e. The summed E-state index contributed by atoms with van der Waals surface area (Å²) in [5.41, 5.74) is 2.11. The van der Waals surface area contributed by atoms with E-state index in [4.69, 9.17) is 0 Å². The van der Waals surface area contributed by atoms with Crippen LogP contribution in [0.25, 0.3) is 10.8 Å². The van der Waals surface area contributed by atoms with Crippen molar-refractivity contribution in [3.05, 3.63) is 47.5 Å². The summed E-state index contributed by atoms with van der Waals surface area (Å²) in [4.78, 5) is 11.6. The molecule has 22 heavy (non-hydrogen) atoms. The molecule has 4 rings (SSSR count). The van der Waals surface area contributed by atoms with Crippen molar-refractivity contribution < 1.29 is 4.79 Å². The first-order valence-electron chi connectivity index (χ1n) is 8.30. The van der Waals surface area contributed by atoms with E-state index in [1.165, 1.54) is 18.4 Å². The first-order valence-corrected chi connectivity index (χ1v) is 8.30. The van der Waals surface area contributed by atoms with Gasteiger partial charge in [0.2, 0.25) is 0 Å². The minimum atomic E-state index is 0.500. The third kappa shape index (κ3) is 2.55. The molecule has 2 aliphatic rings. The van der Waals surface area contributed by atoms with E-state index in [-0.39, 0.29) is 0 Å². The van der Waals surface area contributed by atoms with Gasteiger partial charge in [-0.25, -0.2) is 0 Å². The quantitative estimate of drug-likeness (QED) is 0.852. The van der Waals surface area contributed by atoms with Crippen LogP contribution in [0.3, 0.4) is 0 Å². The van der Waals surface area contributed by atoms with Gasteiger partial charge in [0, 0.05) is 23.6 Å². The Morgan fingerprint density at radius 1 is 1.09 bits per heavy atom. The predicted octanol–water partition coefficient (Wildman–Crippen LogP) is 2.85. The summed E-state index contributed by atoms with van der Waals surface area (Å²) < 4.78 is 0. The normalized spacial score (nSPS) is 25.3. The van der Waals surface area contributed by atoms with Crippen LogP contribution in [0.15, 0.2) is 36.4 Å². The Hall–Kier alpha value is -1.71.